The number of hydrogen-bond donors (Lipinski definition) is 1. The molecule has 4 rings (SSSR count). The molecule has 1 N–H and O–H groups in total. The second-order valence-electron chi connectivity index (χ2n) is 7.78. The highest BCUT2D eigenvalue weighted by Gasteiger charge is 2.29. The molecule has 2 aromatic rings. The first-order valence-electron chi connectivity index (χ1n) is 9.36. The van der Waals surface area contributed by atoms with Gasteiger partial charge in [0.25, 0.3) is 5.91 Å². The Morgan fingerprint density at radius 3 is 2.76 bits per heavy atom. The fourth-order valence-corrected chi connectivity index (χ4v) is 4.59. The Balaban J connectivity index is 1.62. The van der Waals surface area contributed by atoms with Crippen LogP contribution < -0.4 is 10.2 Å². The number of carbonyl (C=O) groups excluding carboxylic acids is 1. The van der Waals surface area contributed by atoms with Crippen molar-refractivity contribution in [2.75, 3.05) is 11.9 Å². The summed E-state index contributed by atoms with van der Waals surface area (Å²) in [6.07, 6.45) is 4.19. The van der Waals surface area contributed by atoms with Crippen LogP contribution in [0.3, 0.4) is 0 Å². The average Bonchev–Trinajstić information content (AvgIpc) is 2.98. The van der Waals surface area contributed by atoms with Gasteiger partial charge >= 0.3 is 0 Å². The minimum Gasteiger partial charge on any atom is -0.366 e. The van der Waals surface area contributed by atoms with E-state index in [4.69, 9.17) is 11.6 Å². The number of nitrogens with one attached hydrogen (secondary N) is 1. The van der Waals surface area contributed by atoms with E-state index in [1.54, 1.807) is 12.1 Å². The molecule has 1 fully saturated rings. The van der Waals surface area contributed by atoms with E-state index in [1.165, 1.54) is 28.6 Å². The van der Waals surface area contributed by atoms with Gasteiger partial charge in [0.2, 0.25) is 0 Å². The summed E-state index contributed by atoms with van der Waals surface area (Å²) >= 11 is 7.34. The number of hydrogen-bond acceptors (Lipinski definition) is 4. The Morgan fingerprint density at radius 1 is 1.21 bits per heavy atom. The van der Waals surface area contributed by atoms with E-state index in [-0.39, 0.29) is 11.4 Å². The summed E-state index contributed by atoms with van der Waals surface area (Å²) in [5, 5.41) is 3.99. The minimum absolute atomic E-state index is 0.0239. The number of amidine groups is 1. The predicted octanol–water partition coefficient (Wildman–Crippen LogP) is 5.86. The fourth-order valence-electron chi connectivity index (χ4n) is 3.56. The summed E-state index contributed by atoms with van der Waals surface area (Å²) in [5.41, 5.74) is 5.31. The molecule has 0 bridgehead atoms. The van der Waals surface area contributed by atoms with Crippen LogP contribution in [-0.2, 0) is 4.79 Å². The number of allylic oxidation sites excluding steroid dienone is 1. The molecule has 1 saturated heterocycles. The van der Waals surface area contributed by atoms with Crippen LogP contribution in [0, 0.1) is 0 Å². The molecule has 0 atom stereocenters. The maximum atomic E-state index is 12.4. The van der Waals surface area contributed by atoms with Gasteiger partial charge in [-0.15, -0.1) is 0 Å². The average molecular weight is 424 g/mol. The zero-order valence-electron chi connectivity index (χ0n) is 16.8. The van der Waals surface area contributed by atoms with E-state index in [1.807, 2.05) is 18.2 Å². The number of rotatable bonds is 2. The van der Waals surface area contributed by atoms with Crippen LogP contribution in [0.2, 0.25) is 5.02 Å². The summed E-state index contributed by atoms with van der Waals surface area (Å²) in [5.74, 6) is -0.140. The van der Waals surface area contributed by atoms with Gasteiger partial charge in [0.1, 0.15) is 0 Å². The highest BCUT2D eigenvalue weighted by Crippen LogP contribution is 2.39. The quantitative estimate of drug-likeness (QED) is 0.615. The fraction of sp³-hybridized carbons (Fsp3) is 0.217. The summed E-state index contributed by atoms with van der Waals surface area (Å²) < 4.78 is 0. The zero-order chi connectivity index (χ0) is 20.8. The summed E-state index contributed by atoms with van der Waals surface area (Å²) in [7, 11) is 2.11. The van der Waals surface area contributed by atoms with Gasteiger partial charge in [-0.1, -0.05) is 29.8 Å². The van der Waals surface area contributed by atoms with Crippen LogP contribution in [0.5, 0.6) is 0 Å². The van der Waals surface area contributed by atoms with Gasteiger partial charge in [-0.3, -0.25) is 4.79 Å². The number of likely N-dealkylation sites (N-methyl/N-ethyl adjacent to an activating group) is 1. The molecule has 29 heavy (non-hydrogen) atoms. The van der Waals surface area contributed by atoms with E-state index in [2.05, 4.69) is 67.3 Å². The monoisotopic (exact) mass is 423 g/mol. The number of benzene rings is 2. The molecule has 0 saturated carbocycles. The second kappa shape index (κ2) is 7.39. The SMILES string of the molecule is CC1=CC(C)(C)N(C)c2ccc(/C=C3/SC(=Nc4cccc(Cl)c4)NC3=O)cc21. The van der Waals surface area contributed by atoms with Crippen molar-refractivity contribution >= 4 is 57.5 Å². The zero-order valence-corrected chi connectivity index (χ0v) is 18.4. The first-order chi connectivity index (χ1) is 13.7. The molecule has 0 aliphatic carbocycles. The van der Waals surface area contributed by atoms with E-state index < -0.39 is 0 Å². The van der Waals surface area contributed by atoms with Gasteiger partial charge < -0.3 is 10.2 Å². The number of anilines is 1. The molecule has 2 aliphatic rings. The van der Waals surface area contributed by atoms with Gasteiger partial charge in [0.05, 0.1) is 16.1 Å². The number of carbonyl (C=O) groups is 1. The molecule has 2 aromatic carbocycles. The number of thioether (sulfide) groups is 1. The largest absolute Gasteiger partial charge is 0.366 e. The van der Waals surface area contributed by atoms with Gasteiger partial charge in [-0.25, -0.2) is 4.99 Å². The van der Waals surface area contributed by atoms with E-state index in [9.17, 15) is 4.79 Å². The van der Waals surface area contributed by atoms with E-state index >= 15 is 0 Å². The maximum absolute atomic E-state index is 12.4. The lowest BCUT2D eigenvalue weighted by Crippen LogP contribution is -2.42. The molecular formula is C23H22ClN3OS. The van der Waals surface area contributed by atoms with Crippen LogP contribution in [-0.4, -0.2) is 23.7 Å². The Morgan fingerprint density at radius 2 is 2.00 bits per heavy atom. The Hall–Kier alpha value is -2.50. The molecule has 0 spiro atoms. The molecule has 2 heterocycles. The lowest BCUT2D eigenvalue weighted by molar-refractivity contribution is -0.115. The van der Waals surface area contributed by atoms with E-state index in [0.29, 0.717) is 20.8 Å². The van der Waals surface area contributed by atoms with Crippen LogP contribution in [0.4, 0.5) is 11.4 Å². The lowest BCUT2D eigenvalue weighted by atomic mass is 9.88. The minimum atomic E-state index is -0.140. The molecule has 6 heteroatoms. The number of fused-ring (bicyclic) bond motifs is 1. The number of nitrogens with zero attached hydrogens (tertiary/aromatic N) is 2. The number of halogens is 1. The smallest absolute Gasteiger partial charge is 0.264 e. The predicted molar refractivity (Wildman–Crippen MR) is 125 cm³/mol. The topological polar surface area (TPSA) is 44.7 Å². The second-order valence-corrected chi connectivity index (χ2v) is 9.25. The standard InChI is InChI=1S/C23H22ClN3OS/c1-14-13-23(2,3)27(4)19-9-8-15(10-18(14)19)11-20-21(28)26-22(29-20)25-17-7-5-6-16(24)12-17/h5-13H,1-4H3,(H,25,26,28)/b20-11+. The van der Waals surface area contributed by atoms with Crippen molar-refractivity contribution in [2.24, 2.45) is 4.99 Å². The molecule has 0 radical (unpaired) electrons. The van der Waals surface area contributed by atoms with Crippen LogP contribution in [0.15, 0.2) is 58.4 Å². The number of aliphatic imine (C=N–C) groups is 1. The first-order valence-corrected chi connectivity index (χ1v) is 10.6. The van der Waals surface area contributed by atoms with Gasteiger partial charge in [0.15, 0.2) is 5.17 Å². The molecule has 0 unspecified atom stereocenters. The molecule has 148 valence electrons. The van der Waals surface area contributed by atoms with E-state index in [0.717, 1.165) is 5.56 Å². The Bertz CT molecular complexity index is 1100. The first kappa shape index (κ1) is 19.8. The van der Waals surface area contributed by atoms with Crippen molar-refractivity contribution in [2.45, 2.75) is 26.3 Å². The number of amides is 1. The van der Waals surface area contributed by atoms with Crippen molar-refractivity contribution < 1.29 is 4.79 Å². The van der Waals surface area contributed by atoms with Gasteiger partial charge in [-0.2, -0.15) is 0 Å². The third-order valence-electron chi connectivity index (χ3n) is 5.23. The van der Waals surface area contributed by atoms with Crippen molar-refractivity contribution in [3.63, 3.8) is 0 Å². The molecular weight excluding hydrogens is 402 g/mol. The van der Waals surface area contributed by atoms with Crippen molar-refractivity contribution in [1.29, 1.82) is 0 Å². The van der Waals surface area contributed by atoms with Crippen molar-refractivity contribution in [1.82, 2.24) is 5.32 Å². The third-order valence-corrected chi connectivity index (χ3v) is 6.37. The Labute approximate surface area is 180 Å². The molecule has 2 aliphatic heterocycles. The van der Waals surface area contributed by atoms with Crippen LogP contribution >= 0.6 is 23.4 Å². The molecule has 1 amide bonds. The summed E-state index contributed by atoms with van der Waals surface area (Å²) in [6, 6.07) is 13.6. The Kier molecular flexibility index (Phi) is 5.05. The highest BCUT2D eigenvalue weighted by molar-refractivity contribution is 8.18. The van der Waals surface area contributed by atoms with Crippen molar-refractivity contribution in [3.8, 4) is 0 Å². The highest BCUT2D eigenvalue weighted by atomic mass is 35.5. The van der Waals surface area contributed by atoms with Gasteiger partial charge in [-0.05, 0) is 80.1 Å². The van der Waals surface area contributed by atoms with Crippen molar-refractivity contribution in [3.05, 3.63) is 69.6 Å². The molecule has 4 nitrogen and oxygen atoms in total. The van der Waals surface area contributed by atoms with Gasteiger partial charge in [0, 0.05) is 23.3 Å². The summed E-state index contributed by atoms with van der Waals surface area (Å²) in [6.45, 7) is 6.54. The van der Waals surface area contributed by atoms with Crippen LogP contribution in [0.1, 0.15) is 31.9 Å². The molecule has 0 aromatic heterocycles. The van der Waals surface area contributed by atoms with Crippen LogP contribution in [0.25, 0.3) is 11.6 Å². The third kappa shape index (κ3) is 3.98. The maximum Gasteiger partial charge on any atom is 0.264 e. The summed E-state index contributed by atoms with van der Waals surface area (Å²) in [4.78, 5) is 19.8. The lowest BCUT2D eigenvalue weighted by Gasteiger charge is -2.40. The normalized spacial score (nSPS) is 20.7.